The molecule has 3 nitrogen and oxygen atoms in total. The van der Waals surface area contributed by atoms with Crippen LogP contribution in [0, 0.1) is 0 Å². The predicted octanol–water partition coefficient (Wildman–Crippen LogP) is 0.910. The Morgan fingerprint density at radius 3 is 2.86 bits per heavy atom. The fourth-order valence-corrected chi connectivity index (χ4v) is 1.84. The van der Waals surface area contributed by atoms with Crippen LogP contribution in [-0.2, 0) is 0 Å². The molecule has 0 amide bonds. The van der Waals surface area contributed by atoms with E-state index in [9.17, 15) is 4.79 Å². The third-order valence-electron chi connectivity index (χ3n) is 2.48. The molecule has 0 aliphatic rings. The Bertz CT molecular complexity index is 721. The maximum Gasteiger partial charge on any atom is 0.331 e. The molecule has 0 fully saturated rings. The van der Waals surface area contributed by atoms with Gasteiger partial charge in [-0.3, -0.25) is 4.40 Å². The number of aromatic nitrogens is 2. The lowest BCUT2D eigenvalue weighted by molar-refractivity contribution is 1.11. The molecule has 1 aromatic carbocycles. The van der Waals surface area contributed by atoms with E-state index in [0.29, 0.717) is 5.35 Å². The second-order valence-corrected chi connectivity index (χ2v) is 3.33. The van der Waals surface area contributed by atoms with Gasteiger partial charge in [-0.25, -0.2) is 4.79 Å². The summed E-state index contributed by atoms with van der Waals surface area (Å²) in [4.78, 5) is 14.2. The van der Waals surface area contributed by atoms with E-state index in [1.807, 2.05) is 30.3 Å². The molecule has 0 radical (unpaired) electrons. The molecule has 3 rings (SSSR count). The van der Waals surface area contributed by atoms with Crippen LogP contribution in [-0.4, -0.2) is 9.38 Å². The molecule has 1 N–H and O–H groups in total. The van der Waals surface area contributed by atoms with Crippen molar-refractivity contribution in [3.05, 3.63) is 46.2 Å². The van der Waals surface area contributed by atoms with Crippen LogP contribution in [0.2, 0.25) is 0 Å². The molecule has 0 saturated carbocycles. The standard InChI is InChI=1S/C11H8N2O/c1-7-10-6-8-4-2-3-5-9(8)13(10)11(14)12-7/h2-6H,1H2,(H,12,14). The van der Waals surface area contributed by atoms with E-state index >= 15 is 0 Å². The summed E-state index contributed by atoms with van der Waals surface area (Å²) in [6.45, 7) is 3.79. The third kappa shape index (κ3) is 0.738. The minimum absolute atomic E-state index is 0.119. The van der Waals surface area contributed by atoms with Crippen molar-refractivity contribution in [3.8, 4) is 0 Å². The van der Waals surface area contributed by atoms with Crippen LogP contribution in [0.25, 0.3) is 23.0 Å². The smallest absolute Gasteiger partial charge is 0.306 e. The Labute approximate surface area is 79.3 Å². The second kappa shape index (κ2) is 2.26. The molecule has 3 aromatic rings. The molecule has 0 spiro atoms. The first kappa shape index (κ1) is 7.38. The zero-order valence-electron chi connectivity index (χ0n) is 7.45. The predicted molar refractivity (Wildman–Crippen MR) is 56.3 cm³/mol. The van der Waals surface area contributed by atoms with Crippen molar-refractivity contribution >= 4 is 23.0 Å². The van der Waals surface area contributed by atoms with Gasteiger partial charge in [0.2, 0.25) is 0 Å². The van der Waals surface area contributed by atoms with Crippen molar-refractivity contribution in [2.75, 3.05) is 0 Å². The van der Waals surface area contributed by atoms with Crippen LogP contribution in [0.4, 0.5) is 0 Å². The molecule has 2 aromatic heterocycles. The monoisotopic (exact) mass is 184 g/mol. The van der Waals surface area contributed by atoms with Gasteiger partial charge in [0.25, 0.3) is 0 Å². The Morgan fingerprint density at radius 1 is 1.21 bits per heavy atom. The van der Waals surface area contributed by atoms with Crippen molar-refractivity contribution in [2.24, 2.45) is 0 Å². The number of hydrogen-bond donors (Lipinski definition) is 1. The van der Waals surface area contributed by atoms with Crippen LogP contribution in [0.5, 0.6) is 0 Å². The van der Waals surface area contributed by atoms with Gasteiger partial charge in [0.1, 0.15) is 0 Å². The normalized spacial score (nSPS) is 11.4. The molecule has 0 saturated heterocycles. The average molecular weight is 184 g/mol. The largest absolute Gasteiger partial charge is 0.331 e. The highest BCUT2D eigenvalue weighted by Gasteiger charge is 2.06. The van der Waals surface area contributed by atoms with Gasteiger partial charge in [0, 0.05) is 5.39 Å². The number of fused-ring (bicyclic) bond motifs is 3. The van der Waals surface area contributed by atoms with E-state index in [0.717, 1.165) is 16.4 Å². The Balaban J connectivity index is 2.80. The van der Waals surface area contributed by atoms with Gasteiger partial charge in [-0.15, -0.1) is 0 Å². The molecule has 68 valence electrons. The van der Waals surface area contributed by atoms with Crippen molar-refractivity contribution in [1.82, 2.24) is 9.38 Å². The number of aromatic amines is 1. The van der Waals surface area contributed by atoms with Crippen molar-refractivity contribution in [3.63, 3.8) is 0 Å². The first-order valence-corrected chi connectivity index (χ1v) is 4.38. The Hall–Kier alpha value is -2.03. The molecular formula is C11H8N2O. The van der Waals surface area contributed by atoms with E-state index < -0.39 is 0 Å². The fraction of sp³-hybridized carbons (Fsp3) is 0. The van der Waals surface area contributed by atoms with Gasteiger partial charge in [-0.05, 0) is 12.1 Å². The summed E-state index contributed by atoms with van der Waals surface area (Å²) in [5.74, 6) is 0. The van der Waals surface area contributed by atoms with Crippen LogP contribution in [0.15, 0.2) is 35.1 Å². The van der Waals surface area contributed by atoms with E-state index in [-0.39, 0.29) is 5.69 Å². The number of hydrogen-bond acceptors (Lipinski definition) is 1. The van der Waals surface area contributed by atoms with E-state index in [1.165, 1.54) is 0 Å². The Kier molecular flexibility index (Phi) is 1.19. The maximum atomic E-state index is 11.5. The summed E-state index contributed by atoms with van der Waals surface area (Å²) in [5, 5.41) is 1.74. The molecule has 0 bridgehead atoms. The van der Waals surface area contributed by atoms with Crippen molar-refractivity contribution in [2.45, 2.75) is 0 Å². The zero-order chi connectivity index (χ0) is 9.71. The van der Waals surface area contributed by atoms with Gasteiger partial charge in [-0.2, -0.15) is 0 Å². The highest BCUT2D eigenvalue weighted by Crippen LogP contribution is 2.15. The first-order chi connectivity index (χ1) is 6.77. The number of H-pyrrole nitrogens is 1. The SMILES string of the molecule is C=c1[nH]c(=O)n2c1cc1ccccc12. The lowest BCUT2D eigenvalue weighted by atomic mass is 10.2. The number of nitrogens with zero attached hydrogens (tertiary/aromatic N) is 1. The van der Waals surface area contributed by atoms with Crippen LogP contribution < -0.4 is 11.0 Å². The molecule has 0 unspecified atom stereocenters. The highest BCUT2D eigenvalue weighted by atomic mass is 16.1. The quantitative estimate of drug-likeness (QED) is 0.554. The van der Waals surface area contributed by atoms with Gasteiger partial charge >= 0.3 is 5.69 Å². The lowest BCUT2D eigenvalue weighted by Crippen LogP contribution is -2.10. The minimum atomic E-state index is -0.119. The molecule has 2 heterocycles. The zero-order valence-corrected chi connectivity index (χ0v) is 7.45. The highest BCUT2D eigenvalue weighted by molar-refractivity contribution is 5.87. The van der Waals surface area contributed by atoms with E-state index in [1.54, 1.807) is 4.40 Å². The van der Waals surface area contributed by atoms with Gasteiger partial charge < -0.3 is 4.98 Å². The summed E-state index contributed by atoms with van der Waals surface area (Å²) >= 11 is 0. The molecule has 0 aliphatic heterocycles. The molecule has 3 heteroatoms. The summed E-state index contributed by atoms with van der Waals surface area (Å²) < 4.78 is 1.65. The molecule has 14 heavy (non-hydrogen) atoms. The molecule has 0 atom stereocenters. The minimum Gasteiger partial charge on any atom is -0.306 e. The van der Waals surface area contributed by atoms with Crippen molar-refractivity contribution in [1.29, 1.82) is 0 Å². The lowest BCUT2D eigenvalue weighted by Gasteiger charge is -1.87. The summed E-state index contributed by atoms with van der Waals surface area (Å²) in [5.41, 5.74) is 1.67. The fourth-order valence-electron chi connectivity index (χ4n) is 1.84. The summed E-state index contributed by atoms with van der Waals surface area (Å²) in [6, 6.07) is 9.76. The maximum absolute atomic E-state index is 11.5. The van der Waals surface area contributed by atoms with Gasteiger partial charge in [0.15, 0.2) is 0 Å². The van der Waals surface area contributed by atoms with Crippen LogP contribution in [0.3, 0.4) is 0 Å². The molecule has 0 aliphatic carbocycles. The van der Waals surface area contributed by atoms with Crippen LogP contribution >= 0.6 is 0 Å². The number of nitrogens with one attached hydrogen (secondary N) is 1. The molecular weight excluding hydrogens is 176 g/mol. The number of benzene rings is 1. The first-order valence-electron chi connectivity index (χ1n) is 4.38. The number of imidazole rings is 1. The number of para-hydroxylation sites is 1. The number of rotatable bonds is 0. The van der Waals surface area contributed by atoms with E-state index in [4.69, 9.17) is 0 Å². The second-order valence-electron chi connectivity index (χ2n) is 3.33. The average Bonchev–Trinajstić information content (AvgIpc) is 2.66. The van der Waals surface area contributed by atoms with E-state index in [2.05, 4.69) is 11.6 Å². The Morgan fingerprint density at radius 2 is 2.00 bits per heavy atom. The third-order valence-corrected chi connectivity index (χ3v) is 2.48. The summed E-state index contributed by atoms with van der Waals surface area (Å²) in [7, 11) is 0. The van der Waals surface area contributed by atoms with Gasteiger partial charge in [0.05, 0.1) is 16.4 Å². The summed E-state index contributed by atoms with van der Waals surface area (Å²) in [6.07, 6.45) is 0. The van der Waals surface area contributed by atoms with Gasteiger partial charge in [-0.1, -0.05) is 24.8 Å². The van der Waals surface area contributed by atoms with Crippen molar-refractivity contribution < 1.29 is 0 Å². The van der Waals surface area contributed by atoms with Crippen LogP contribution in [0.1, 0.15) is 0 Å². The topological polar surface area (TPSA) is 37.3 Å².